The third-order valence-electron chi connectivity index (χ3n) is 4.71. The Morgan fingerprint density at radius 2 is 1.76 bits per heavy atom. The maximum atomic E-state index is 12.4. The smallest absolute Gasteiger partial charge is 0.240 e. The molecule has 1 aliphatic carbocycles. The topological polar surface area (TPSA) is 73.9 Å². The predicted molar refractivity (Wildman–Crippen MR) is 94.1 cm³/mol. The lowest BCUT2D eigenvalue weighted by Crippen LogP contribution is -2.40. The molecule has 0 aromatic heterocycles. The van der Waals surface area contributed by atoms with E-state index >= 15 is 0 Å². The Bertz CT molecular complexity index is 647. The predicted octanol–water partition coefficient (Wildman–Crippen LogP) is 2.83. The summed E-state index contributed by atoms with van der Waals surface area (Å²) in [6.45, 7) is 3.40. The van der Waals surface area contributed by atoms with Crippen molar-refractivity contribution in [1.29, 1.82) is 0 Å². The van der Waals surface area contributed by atoms with Crippen LogP contribution in [0, 0.1) is 0 Å². The van der Waals surface area contributed by atoms with Crippen molar-refractivity contribution in [3.05, 3.63) is 24.3 Å². The first-order valence-electron chi connectivity index (χ1n) is 9.01. The first kappa shape index (κ1) is 18.6. The van der Waals surface area contributed by atoms with Crippen molar-refractivity contribution in [2.24, 2.45) is 0 Å². The zero-order chi connectivity index (χ0) is 17.8. The molecule has 25 heavy (non-hydrogen) atoms. The lowest BCUT2D eigenvalue weighted by atomic mass is 10.2. The number of hydrogen-bond acceptors (Lipinski definition) is 5. The van der Waals surface area contributed by atoms with E-state index in [2.05, 4.69) is 4.72 Å². The largest absolute Gasteiger partial charge is 0.490 e. The second-order valence-electron chi connectivity index (χ2n) is 6.83. The molecule has 2 aliphatic rings. The maximum absolute atomic E-state index is 12.4. The summed E-state index contributed by atoms with van der Waals surface area (Å²) in [6, 6.07) is 6.62. The van der Waals surface area contributed by atoms with Crippen molar-refractivity contribution in [1.82, 2.24) is 4.72 Å². The highest BCUT2D eigenvalue weighted by molar-refractivity contribution is 7.89. The van der Waals surface area contributed by atoms with Crippen LogP contribution in [0.15, 0.2) is 29.2 Å². The van der Waals surface area contributed by atoms with Crippen LogP contribution >= 0.6 is 0 Å². The van der Waals surface area contributed by atoms with E-state index in [1.807, 2.05) is 6.92 Å². The zero-order valence-corrected chi connectivity index (χ0v) is 15.5. The van der Waals surface area contributed by atoms with Crippen molar-refractivity contribution < 1.29 is 22.6 Å². The number of nitrogens with one attached hydrogen (secondary N) is 1. The standard InChI is InChI=1S/C18H27NO5S/c1-18(22-13-4-14-23-18)11-12-19-25(20,21)17-9-7-16(8-10-17)24-15-5-2-3-6-15/h7-10,15,19H,2-6,11-14H2,1H3. The van der Waals surface area contributed by atoms with Crippen molar-refractivity contribution in [3.8, 4) is 5.75 Å². The molecule has 6 nitrogen and oxygen atoms in total. The average molecular weight is 369 g/mol. The summed E-state index contributed by atoms with van der Waals surface area (Å²) in [7, 11) is -3.55. The van der Waals surface area contributed by atoms with Gasteiger partial charge in [-0.2, -0.15) is 0 Å². The fourth-order valence-electron chi connectivity index (χ4n) is 3.21. The fraction of sp³-hybridized carbons (Fsp3) is 0.667. The molecular weight excluding hydrogens is 342 g/mol. The molecule has 0 unspecified atom stereocenters. The van der Waals surface area contributed by atoms with Crippen LogP contribution in [-0.4, -0.2) is 40.1 Å². The van der Waals surface area contributed by atoms with Crippen LogP contribution in [0.1, 0.15) is 45.4 Å². The van der Waals surface area contributed by atoms with Crippen LogP contribution in [0.3, 0.4) is 0 Å². The quantitative estimate of drug-likeness (QED) is 0.800. The number of sulfonamides is 1. The molecule has 1 aliphatic heterocycles. The third-order valence-corrected chi connectivity index (χ3v) is 6.19. The van der Waals surface area contributed by atoms with Gasteiger partial charge in [-0.25, -0.2) is 13.1 Å². The second kappa shape index (κ2) is 8.03. The van der Waals surface area contributed by atoms with Gasteiger partial charge in [-0.05, 0) is 63.3 Å². The van der Waals surface area contributed by atoms with E-state index in [9.17, 15) is 8.42 Å². The van der Waals surface area contributed by atoms with Gasteiger partial charge < -0.3 is 14.2 Å². The number of hydrogen-bond donors (Lipinski definition) is 1. The van der Waals surface area contributed by atoms with E-state index in [0.717, 1.165) is 25.0 Å². The Kier molecular flexibility index (Phi) is 5.99. The molecule has 1 aromatic rings. The van der Waals surface area contributed by atoms with Gasteiger partial charge >= 0.3 is 0 Å². The van der Waals surface area contributed by atoms with E-state index < -0.39 is 15.8 Å². The number of rotatable bonds is 7. The van der Waals surface area contributed by atoms with Gasteiger partial charge in [0.25, 0.3) is 0 Å². The first-order chi connectivity index (χ1) is 12.0. The SMILES string of the molecule is CC1(CCNS(=O)(=O)c2ccc(OC3CCCC3)cc2)OCCCO1. The molecule has 2 fully saturated rings. The summed E-state index contributed by atoms with van der Waals surface area (Å²) in [6.07, 6.45) is 6.15. The Morgan fingerprint density at radius 3 is 2.40 bits per heavy atom. The molecule has 0 spiro atoms. The Hall–Kier alpha value is -1.15. The van der Waals surface area contributed by atoms with Gasteiger partial charge in [0, 0.05) is 13.0 Å². The molecule has 1 saturated carbocycles. The van der Waals surface area contributed by atoms with E-state index in [1.54, 1.807) is 24.3 Å². The van der Waals surface area contributed by atoms with E-state index in [1.165, 1.54) is 12.8 Å². The van der Waals surface area contributed by atoms with Crippen LogP contribution < -0.4 is 9.46 Å². The molecule has 1 N–H and O–H groups in total. The molecule has 1 heterocycles. The molecule has 1 saturated heterocycles. The number of benzene rings is 1. The monoisotopic (exact) mass is 369 g/mol. The summed E-state index contributed by atoms with van der Waals surface area (Å²) in [4.78, 5) is 0.238. The molecule has 7 heteroatoms. The van der Waals surface area contributed by atoms with Crippen LogP contribution in [0.2, 0.25) is 0 Å². The zero-order valence-electron chi connectivity index (χ0n) is 14.7. The Balaban J connectivity index is 1.52. The summed E-state index contributed by atoms with van der Waals surface area (Å²) >= 11 is 0. The summed E-state index contributed by atoms with van der Waals surface area (Å²) in [5.41, 5.74) is 0. The van der Waals surface area contributed by atoms with Crippen LogP contribution in [0.4, 0.5) is 0 Å². The highest BCUT2D eigenvalue weighted by Crippen LogP contribution is 2.25. The molecule has 0 amide bonds. The normalized spacial score (nSPS) is 21.3. The average Bonchev–Trinajstić information content (AvgIpc) is 3.09. The Labute approximate surface area is 149 Å². The highest BCUT2D eigenvalue weighted by Gasteiger charge is 2.29. The van der Waals surface area contributed by atoms with Gasteiger partial charge in [0.2, 0.25) is 10.0 Å². The van der Waals surface area contributed by atoms with E-state index in [-0.39, 0.29) is 17.5 Å². The molecule has 0 atom stereocenters. The van der Waals surface area contributed by atoms with Crippen molar-refractivity contribution in [2.45, 2.75) is 62.2 Å². The van der Waals surface area contributed by atoms with Gasteiger partial charge in [0.1, 0.15) is 5.75 Å². The summed E-state index contributed by atoms with van der Waals surface area (Å²) < 4.78 is 44.5. The number of ether oxygens (including phenoxy) is 3. The fourth-order valence-corrected chi connectivity index (χ4v) is 4.24. The molecule has 0 radical (unpaired) electrons. The van der Waals surface area contributed by atoms with Gasteiger partial charge in [0.15, 0.2) is 5.79 Å². The molecule has 1 aromatic carbocycles. The molecule has 140 valence electrons. The van der Waals surface area contributed by atoms with Gasteiger partial charge in [-0.3, -0.25) is 0 Å². The second-order valence-corrected chi connectivity index (χ2v) is 8.59. The van der Waals surface area contributed by atoms with Crippen molar-refractivity contribution in [2.75, 3.05) is 19.8 Å². The summed E-state index contributed by atoms with van der Waals surface area (Å²) in [5, 5.41) is 0. The maximum Gasteiger partial charge on any atom is 0.240 e. The lowest BCUT2D eigenvalue weighted by molar-refractivity contribution is -0.257. The molecule has 0 bridgehead atoms. The van der Waals surface area contributed by atoms with E-state index in [0.29, 0.717) is 19.6 Å². The van der Waals surface area contributed by atoms with Crippen molar-refractivity contribution in [3.63, 3.8) is 0 Å². The first-order valence-corrected chi connectivity index (χ1v) is 10.5. The van der Waals surface area contributed by atoms with E-state index in [4.69, 9.17) is 14.2 Å². The molecule has 3 rings (SSSR count). The lowest BCUT2D eigenvalue weighted by Gasteiger charge is -2.33. The van der Waals surface area contributed by atoms with Crippen molar-refractivity contribution >= 4 is 10.0 Å². The van der Waals surface area contributed by atoms with Crippen LogP contribution in [0.5, 0.6) is 5.75 Å². The van der Waals surface area contributed by atoms with Gasteiger partial charge in [-0.1, -0.05) is 0 Å². The minimum Gasteiger partial charge on any atom is -0.490 e. The highest BCUT2D eigenvalue weighted by atomic mass is 32.2. The summed E-state index contributed by atoms with van der Waals surface area (Å²) in [5.74, 6) is 0.0158. The minimum atomic E-state index is -3.55. The van der Waals surface area contributed by atoms with Gasteiger partial charge in [-0.15, -0.1) is 0 Å². The van der Waals surface area contributed by atoms with Crippen LogP contribution in [-0.2, 0) is 19.5 Å². The van der Waals surface area contributed by atoms with Gasteiger partial charge in [0.05, 0.1) is 24.2 Å². The minimum absolute atomic E-state index is 0.238. The molecular formula is C18H27NO5S. The van der Waals surface area contributed by atoms with Crippen LogP contribution in [0.25, 0.3) is 0 Å². The Morgan fingerprint density at radius 1 is 1.12 bits per heavy atom. The third kappa shape index (κ3) is 5.17.